The summed E-state index contributed by atoms with van der Waals surface area (Å²) in [6.07, 6.45) is 6.47. The second-order valence-electron chi connectivity index (χ2n) is 6.24. The maximum atomic E-state index is 6.56. The van der Waals surface area contributed by atoms with Gasteiger partial charge in [-0.15, -0.1) is 0 Å². The van der Waals surface area contributed by atoms with Gasteiger partial charge in [0.05, 0.1) is 0 Å². The first-order chi connectivity index (χ1) is 10.8. The molecule has 22 heavy (non-hydrogen) atoms. The fourth-order valence-electron chi connectivity index (χ4n) is 3.37. The molecule has 0 amide bonds. The van der Waals surface area contributed by atoms with Crippen LogP contribution in [0.25, 0.3) is 0 Å². The Morgan fingerprint density at radius 3 is 2.36 bits per heavy atom. The fourth-order valence-corrected chi connectivity index (χ4v) is 3.37. The van der Waals surface area contributed by atoms with E-state index in [-0.39, 0.29) is 6.04 Å². The maximum Gasteiger partial charge on any atom is 0.124 e. The molecule has 1 aliphatic rings. The van der Waals surface area contributed by atoms with Gasteiger partial charge in [-0.3, -0.25) is 0 Å². The Hall–Kier alpha value is -1.80. The Morgan fingerprint density at radius 1 is 0.909 bits per heavy atom. The third-order valence-electron chi connectivity index (χ3n) is 4.67. The van der Waals surface area contributed by atoms with Crippen LogP contribution in [0.3, 0.4) is 0 Å². The Morgan fingerprint density at radius 2 is 1.59 bits per heavy atom. The van der Waals surface area contributed by atoms with E-state index in [1.807, 2.05) is 30.3 Å². The van der Waals surface area contributed by atoms with Gasteiger partial charge in [0.15, 0.2) is 0 Å². The summed E-state index contributed by atoms with van der Waals surface area (Å²) in [5, 5.41) is 0. The van der Waals surface area contributed by atoms with Crippen molar-refractivity contribution in [3.63, 3.8) is 0 Å². The zero-order valence-corrected chi connectivity index (χ0v) is 13.1. The highest BCUT2D eigenvalue weighted by atomic mass is 16.5. The molecular formula is C20H25NO. The van der Waals surface area contributed by atoms with Gasteiger partial charge >= 0.3 is 0 Å². The number of benzene rings is 2. The van der Waals surface area contributed by atoms with Crippen molar-refractivity contribution in [3.8, 4) is 5.75 Å². The van der Waals surface area contributed by atoms with Crippen LogP contribution in [0, 0.1) is 5.92 Å². The van der Waals surface area contributed by atoms with E-state index >= 15 is 0 Å². The van der Waals surface area contributed by atoms with E-state index in [1.165, 1.54) is 37.7 Å². The topological polar surface area (TPSA) is 35.2 Å². The highest BCUT2D eigenvalue weighted by Crippen LogP contribution is 2.36. The van der Waals surface area contributed by atoms with Crippen molar-refractivity contribution < 1.29 is 4.74 Å². The molecule has 2 aromatic carbocycles. The van der Waals surface area contributed by atoms with Crippen LogP contribution in [0.2, 0.25) is 0 Å². The molecule has 0 heterocycles. The van der Waals surface area contributed by atoms with Crippen molar-refractivity contribution in [1.29, 1.82) is 0 Å². The van der Waals surface area contributed by atoms with Gasteiger partial charge in [0.2, 0.25) is 0 Å². The highest BCUT2D eigenvalue weighted by Gasteiger charge is 2.24. The quantitative estimate of drug-likeness (QED) is 0.856. The van der Waals surface area contributed by atoms with Gasteiger partial charge in [0.25, 0.3) is 0 Å². The monoisotopic (exact) mass is 295 g/mol. The predicted molar refractivity (Wildman–Crippen MR) is 90.7 cm³/mol. The summed E-state index contributed by atoms with van der Waals surface area (Å²) >= 11 is 0. The van der Waals surface area contributed by atoms with Crippen LogP contribution in [-0.2, 0) is 6.61 Å². The van der Waals surface area contributed by atoms with Crippen LogP contribution >= 0.6 is 0 Å². The second kappa shape index (κ2) is 7.46. The average molecular weight is 295 g/mol. The van der Waals surface area contributed by atoms with Crippen molar-refractivity contribution in [2.75, 3.05) is 0 Å². The average Bonchev–Trinajstić information content (AvgIpc) is 2.61. The molecule has 0 saturated heterocycles. The normalized spacial score (nSPS) is 17.1. The van der Waals surface area contributed by atoms with Crippen molar-refractivity contribution in [2.45, 2.75) is 44.8 Å². The summed E-state index contributed by atoms with van der Waals surface area (Å²) in [5.41, 5.74) is 8.90. The predicted octanol–water partition coefficient (Wildman–Crippen LogP) is 4.85. The zero-order chi connectivity index (χ0) is 15.2. The summed E-state index contributed by atoms with van der Waals surface area (Å²) in [7, 11) is 0. The highest BCUT2D eigenvalue weighted by molar-refractivity contribution is 5.36. The van der Waals surface area contributed by atoms with Gasteiger partial charge < -0.3 is 10.5 Å². The molecule has 2 N–H and O–H groups in total. The molecule has 3 rings (SSSR count). The second-order valence-corrected chi connectivity index (χ2v) is 6.24. The lowest BCUT2D eigenvalue weighted by molar-refractivity contribution is 0.279. The smallest absolute Gasteiger partial charge is 0.124 e. The van der Waals surface area contributed by atoms with E-state index in [0.717, 1.165) is 11.3 Å². The molecule has 0 aliphatic heterocycles. The summed E-state index contributed by atoms with van der Waals surface area (Å²) < 4.78 is 6.06. The molecule has 2 nitrogen and oxygen atoms in total. The van der Waals surface area contributed by atoms with Gasteiger partial charge in [-0.05, 0) is 30.4 Å². The number of hydrogen-bond acceptors (Lipinski definition) is 2. The van der Waals surface area contributed by atoms with E-state index in [4.69, 9.17) is 10.5 Å². The Balaban J connectivity index is 1.71. The van der Waals surface area contributed by atoms with E-state index in [9.17, 15) is 0 Å². The lowest BCUT2D eigenvalue weighted by Crippen LogP contribution is -2.24. The standard InChI is InChI=1S/C20H25NO/c21-20(17-11-5-2-6-12-17)18-13-7-8-14-19(18)22-15-16-9-3-1-4-10-16/h1,3-4,7-10,13-14,17,20H,2,5-6,11-12,15,21H2/t20-/m0/s1. The van der Waals surface area contributed by atoms with Crippen molar-refractivity contribution in [3.05, 3.63) is 65.7 Å². The van der Waals surface area contributed by atoms with Gasteiger partial charge in [-0.25, -0.2) is 0 Å². The van der Waals surface area contributed by atoms with Gasteiger partial charge in [0.1, 0.15) is 12.4 Å². The largest absolute Gasteiger partial charge is 0.489 e. The minimum atomic E-state index is 0.0901. The van der Waals surface area contributed by atoms with Crippen LogP contribution < -0.4 is 10.5 Å². The molecule has 2 heteroatoms. The number of rotatable bonds is 5. The Labute approximate surface area is 133 Å². The third kappa shape index (κ3) is 3.69. The number of para-hydroxylation sites is 1. The molecule has 0 unspecified atom stereocenters. The SMILES string of the molecule is N[C@H](c1ccccc1OCc1ccccc1)C1CCCCC1. The molecule has 1 fully saturated rings. The van der Waals surface area contributed by atoms with Crippen LogP contribution in [0.5, 0.6) is 5.75 Å². The molecule has 0 radical (unpaired) electrons. The number of ether oxygens (including phenoxy) is 1. The van der Waals surface area contributed by atoms with Crippen LogP contribution in [-0.4, -0.2) is 0 Å². The molecule has 1 atom stereocenters. The summed E-state index contributed by atoms with van der Waals surface area (Å²) in [6, 6.07) is 18.6. The summed E-state index contributed by atoms with van der Waals surface area (Å²) in [6.45, 7) is 0.592. The minimum absolute atomic E-state index is 0.0901. The van der Waals surface area contributed by atoms with Gasteiger partial charge in [-0.1, -0.05) is 67.8 Å². The van der Waals surface area contributed by atoms with Crippen molar-refractivity contribution in [1.82, 2.24) is 0 Å². The molecule has 0 aromatic heterocycles. The maximum absolute atomic E-state index is 6.56. The number of hydrogen-bond donors (Lipinski definition) is 1. The first kappa shape index (κ1) is 15.1. The lowest BCUT2D eigenvalue weighted by Gasteiger charge is -2.28. The zero-order valence-electron chi connectivity index (χ0n) is 13.1. The molecule has 116 valence electrons. The molecule has 0 spiro atoms. The fraction of sp³-hybridized carbons (Fsp3) is 0.400. The van der Waals surface area contributed by atoms with E-state index in [2.05, 4.69) is 24.3 Å². The van der Waals surface area contributed by atoms with E-state index in [0.29, 0.717) is 12.5 Å². The molecule has 2 aromatic rings. The first-order valence-corrected chi connectivity index (χ1v) is 8.36. The molecule has 1 saturated carbocycles. The van der Waals surface area contributed by atoms with Crippen molar-refractivity contribution in [2.24, 2.45) is 11.7 Å². The summed E-state index contributed by atoms with van der Waals surface area (Å²) in [4.78, 5) is 0. The number of nitrogens with two attached hydrogens (primary N) is 1. The third-order valence-corrected chi connectivity index (χ3v) is 4.67. The Bertz CT molecular complexity index is 575. The molecule has 1 aliphatic carbocycles. The minimum Gasteiger partial charge on any atom is -0.489 e. The van der Waals surface area contributed by atoms with Gasteiger partial charge in [0, 0.05) is 11.6 Å². The lowest BCUT2D eigenvalue weighted by atomic mass is 9.81. The first-order valence-electron chi connectivity index (χ1n) is 8.36. The van der Waals surface area contributed by atoms with Crippen molar-refractivity contribution >= 4 is 0 Å². The molecule has 0 bridgehead atoms. The van der Waals surface area contributed by atoms with Crippen LogP contribution in [0.4, 0.5) is 0 Å². The summed E-state index contributed by atoms with van der Waals surface area (Å²) in [5.74, 6) is 1.53. The van der Waals surface area contributed by atoms with Crippen LogP contribution in [0.15, 0.2) is 54.6 Å². The van der Waals surface area contributed by atoms with Gasteiger partial charge in [-0.2, -0.15) is 0 Å². The molecular weight excluding hydrogens is 270 g/mol. The van der Waals surface area contributed by atoms with E-state index < -0.39 is 0 Å². The van der Waals surface area contributed by atoms with Crippen LogP contribution in [0.1, 0.15) is 49.3 Å². The Kier molecular flexibility index (Phi) is 5.12. The van der Waals surface area contributed by atoms with E-state index in [1.54, 1.807) is 0 Å².